The SMILES string of the molecule is Cc1ccccc1CNC(=O)n1nc(-c2ccc(NC(=O)c3cccnc3Cl)cc2O)cc1C1CCC1. The quantitative estimate of drug-likeness (QED) is 0.277. The number of carbonyl (C=O) groups excluding carboxylic acids is 2. The molecule has 9 heteroatoms. The highest BCUT2D eigenvalue weighted by atomic mass is 35.5. The Balaban J connectivity index is 1.37. The van der Waals surface area contributed by atoms with Crippen LogP contribution >= 0.6 is 11.6 Å². The highest BCUT2D eigenvalue weighted by Crippen LogP contribution is 2.39. The number of hydrogen-bond donors (Lipinski definition) is 3. The smallest absolute Gasteiger partial charge is 0.342 e. The molecule has 2 aromatic heterocycles. The number of phenolic OH excluding ortho intramolecular Hbond substituents is 1. The lowest BCUT2D eigenvalue weighted by atomic mass is 9.82. The largest absolute Gasteiger partial charge is 0.507 e. The van der Waals surface area contributed by atoms with Crippen molar-refractivity contribution in [3.05, 3.63) is 94.4 Å². The first-order valence-corrected chi connectivity index (χ1v) is 12.5. The van der Waals surface area contributed by atoms with E-state index in [9.17, 15) is 14.7 Å². The van der Waals surface area contributed by atoms with E-state index in [0.717, 1.165) is 36.1 Å². The van der Waals surface area contributed by atoms with Gasteiger partial charge >= 0.3 is 6.03 Å². The van der Waals surface area contributed by atoms with Crippen molar-refractivity contribution in [2.24, 2.45) is 0 Å². The average Bonchev–Trinajstić information content (AvgIpc) is 3.27. The molecule has 2 amide bonds. The van der Waals surface area contributed by atoms with E-state index in [0.29, 0.717) is 23.5 Å². The summed E-state index contributed by atoms with van der Waals surface area (Å²) in [6, 6.07) is 17.4. The van der Waals surface area contributed by atoms with Crippen molar-refractivity contribution in [3.8, 4) is 17.0 Å². The normalized spacial score (nSPS) is 13.1. The van der Waals surface area contributed by atoms with Crippen LogP contribution in [-0.4, -0.2) is 31.8 Å². The van der Waals surface area contributed by atoms with Gasteiger partial charge in [-0.15, -0.1) is 0 Å². The highest BCUT2D eigenvalue weighted by molar-refractivity contribution is 6.33. The number of pyridine rings is 1. The molecule has 1 fully saturated rings. The molecule has 8 nitrogen and oxygen atoms in total. The molecule has 1 saturated carbocycles. The van der Waals surface area contributed by atoms with Gasteiger partial charge in [0.2, 0.25) is 0 Å². The Kier molecular flexibility index (Phi) is 6.92. The van der Waals surface area contributed by atoms with Gasteiger partial charge in [0.25, 0.3) is 5.91 Å². The molecule has 188 valence electrons. The van der Waals surface area contributed by atoms with Crippen LogP contribution in [0.4, 0.5) is 10.5 Å². The maximum atomic E-state index is 13.1. The molecule has 0 spiro atoms. The van der Waals surface area contributed by atoms with Gasteiger partial charge in [0, 0.05) is 36.0 Å². The molecule has 0 atom stereocenters. The van der Waals surface area contributed by atoms with Crippen LogP contribution in [0, 0.1) is 6.92 Å². The third kappa shape index (κ3) is 5.20. The molecule has 0 saturated heterocycles. The van der Waals surface area contributed by atoms with E-state index in [-0.39, 0.29) is 28.4 Å². The van der Waals surface area contributed by atoms with Crippen LogP contribution in [0.5, 0.6) is 5.75 Å². The Hall–Kier alpha value is -4.17. The van der Waals surface area contributed by atoms with E-state index in [4.69, 9.17) is 11.6 Å². The van der Waals surface area contributed by atoms with Crippen molar-refractivity contribution < 1.29 is 14.7 Å². The van der Waals surface area contributed by atoms with Gasteiger partial charge in [-0.25, -0.2) is 9.78 Å². The maximum Gasteiger partial charge on any atom is 0.342 e. The number of aromatic nitrogens is 3. The first-order chi connectivity index (χ1) is 17.9. The van der Waals surface area contributed by atoms with Gasteiger partial charge in [-0.2, -0.15) is 9.78 Å². The molecule has 0 radical (unpaired) electrons. The number of aryl methyl sites for hydroxylation is 1. The zero-order chi connectivity index (χ0) is 25.9. The topological polar surface area (TPSA) is 109 Å². The fraction of sp³-hybridized carbons (Fsp3) is 0.214. The van der Waals surface area contributed by atoms with Crippen LogP contribution in [0.3, 0.4) is 0 Å². The van der Waals surface area contributed by atoms with E-state index >= 15 is 0 Å². The predicted octanol–water partition coefficient (Wildman–Crippen LogP) is 5.89. The predicted molar refractivity (Wildman–Crippen MR) is 142 cm³/mol. The molecule has 0 bridgehead atoms. The zero-order valence-electron chi connectivity index (χ0n) is 20.2. The molecular weight excluding hydrogens is 490 g/mol. The highest BCUT2D eigenvalue weighted by Gasteiger charge is 2.27. The van der Waals surface area contributed by atoms with Gasteiger partial charge in [0.15, 0.2) is 0 Å². The lowest BCUT2D eigenvalue weighted by Gasteiger charge is -2.25. The molecule has 5 rings (SSSR count). The van der Waals surface area contributed by atoms with E-state index in [1.807, 2.05) is 37.3 Å². The summed E-state index contributed by atoms with van der Waals surface area (Å²) >= 11 is 6.01. The zero-order valence-corrected chi connectivity index (χ0v) is 21.0. The minimum Gasteiger partial charge on any atom is -0.507 e. The van der Waals surface area contributed by atoms with Crippen LogP contribution in [-0.2, 0) is 6.54 Å². The number of aromatic hydroxyl groups is 1. The first-order valence-electron chi connectivity index (χ1n) is 12.1. The number of hydrogen-bond acceptors (Lipinski definition) is 5. The van der Waals surface area contributed by atoms with Crippen LogP contribution in [0.2, 0.25) is 5.15 Å². The molecule has 1 aliphatic carbocycles. The van der Waals surface area contributed by atoms with Crippen LogP contribution in [0.15, 0.2) is 66.9 Å². The van der Waals surface area contributed by atoms with Gasteiger partial charge in [-0.3, -0.25) is 4.79 Å². The molecule has 3 N–H and O–H groups in total. The van der Waals surface area contributed by atoms with Crippen LogP contribution in [0.1, 0.15) is 52.4 Å². The fourth-order valence-electron chi connectivity index (χ4n) is 4.32. The summed E-state index contributed by atoms with van der Waals surface area (Å²) in [5, 5.41) is 21.1. The number of phenols is 1. The fourth-order valence-corrected chi connectivity index (χ4v) is 4.52. The molecule has 2 aromatic carbocycles. The molecule has 1 aliphatic rings. The number of benzene rings is 2. The summed E-state index contributed by atoms with van der Waals surface area (Å²) in [4.78, 5) is 29.6. The number of nitrogens with one attached hydrogen (secondary N) is 2. The Bertz CT molecular complexity index is 1480. The van der Waals surface area contributed by atoms with Crippen molar-refractivity contribution in [2.45, 2.75) is 38.6 Å². The van der Waals surface area contributed by atoms with Crippen molar-refractivity contribution >= 4 is 29.2 Å². The molecular formula is C28H26ClN5O3. The summed E-state index contributed by atoms with van der Waals surface area (Å²) < 4.78 is 1.41. The van der Waals surface area contributed by atoms with Crippen molar-refractivity contribution in [2.75, 3.05) is 5.32 Å². The maximum absolute atomic E-state index is 13.1. The van der Waals surface area contributed by atoms with Gasteiger partial charge in [-0.1, -0.05) is 42.3 Å². The molecule has 4 aromatic rings. The van der Waals surface area contributed by atoms with Crippen LogP contribution in [0.25, 0.3) is 11.3 Å². The average molecular weight is 516 g/mol. The molecule has 37 heavy (non-hydrogen) atoms. The Morgan fingerprint density at radius 1 is 1.11 bits per heavy atom. The van der Waals surface area contributed by atoms with Crippen LogP contribution < -0.4 is 10.6 Å². The standard InChI is InChI=1S/C28H26ClN5O3/c1-17-6-2-3-7-19(17)16-31-28(37)34-24(18-8-4-9-18)15-23(33-34)21-12-11-20(14-25(21)35)32-27(36)22-10-5-13-30-26(22)29/h2-3,5-7,10-15,18,35H,4,8-9,16H2,1H3,(H,31,37)(H,32,36). The van der Waals surface area contributed by atoms with E-state index < -0.39 is 5.91 Å². The minimum absolute atomic E-state index is 0.0692. The molecule has 2 heterocycles. The Labute approximate surface area is 219 Å². The second-order valence-electron chi connectivity index (χ2n) is 9.11. The summed E-state index contributed by atoms with van der Waals surface area (Å²) in [6.07, 6.45) is 4.59. The van der Waals surface area contributed by atoms with E-state index in [1.54, 1.807) is 24.3 Å². The first kappa shape index (κ1) is 24.5. The monoisotopic (exact) mass is 515 g/mol. The van der Waals surface area contributed by atoms with Gasteiger partial charge in [0.05, 0.1) is 17.0 Å². The van der Waals surface area contributed by atoms with Gasteiger partial charge in [0.1, 0.15) is 10.9 Å². The Morgan fingerprint density at radius 2 is 1.92 bits per heavy atom. The Morgan fingerprint density at radius 3 is 2.62 bits per heavy atom. The van der Waals surface area contributed by atoms with Crippen molar-refractivity contribution in [1.29, 1.82) is 0 Å². The summed E-state index contributed by atoms with van der Waals surface area (Å²) in [6.45, 7) is 2.40. The van der Waals surface area contributed by atoms with Crippen molar-refractivity contribution in [1.82, 2.24) is 20.1 Å². The number of nitrogens with zero attached hydrogens (tertiary/aromatic N) is 3. The summed E-state index contributed by atoms with van der Waals surface area (Å²) in [5.74, 6) is -0.261. The van der Waals surface area contributed by atoms with E-state index in [1.165, 1.54) is 16.9 Å². The second kappa shape index (κ2) is 10.4. The number of amides is 2. The lowest BCUT2D eigenvalue weighted by molar-refractivity contribution is 0.102. The second-order valence-corrected chi connectivity index (χ2v) is 9.47. The van der Waals surface area contributed by atoms with Crippen molar-refractivity contribution in [3.63, 3.8) is 0 Å². The number of anilines is 1. The third-order valence-electron chi connectivity index (χ3n) is 6.68. The lowest BCUT2D eigenvalue weighted by Crippen LogP contribution is -2.31. The number of carbonyl (C=O) groups is 2. The van der Waals surface area contributed by atoms with Gasteiger partial charge in [-0.05, 0) is 61.2 Å². The third-order valence-corrected chi connectivity index (χ3v) is 6.98. The van der Waals surface area contributed by atoms with E-state index in [2.05, 4.69) is 20.7 Å². The molecule has 0 aliphatic heterocycles. The van der Waals surface area contributed by atoms with Gasteiger partial charge < -0.3 is 15.7 Å². The number of halogens is 1. The number of rotatable bonds is 6. The summed E-state index contributed by atoms with van der Waals surface area (Å²) in [7, 11) is 0. The molecule has 0 unspecified atom stereocenters. The summed E-state index contributed by atoms with van der Waals surface area (Å²) in [5.41, 5.74) is 4.53. The minimum atomic E-state index is -0.438.